The second kappa shape index (κ2) is 6.45. The van der Waals surface area contributed by atoms with Crippen LogP contribution < -0.4 is 0 Å². The summed E-state index contributed by atoms with van der Waals surface area (Å²) in [7, 11) is 1.70. The molecule has 0 radical (unpaired) electrons. The molecule has 7 heteroatoms. The number of rotatable bonds is 6. The zero-order valence-corrected chi connectivity index (χ0v) is 12.3. The van der Waals surface area contributed by atoms with Crippen LogP contribution in [-0.4, -0.2) is 26.5 Å². The third-order valence-corrected chi connectivity index (χ3v) is 2.80. The smallest absolute Gasteiger partial charge is 0.270 e. The first-order valence-corrected chi connectivity index (χ1v) is 6.68. The van der Waals surface area contributed by atoms with Crippen molar-refractivity contribution in [3.63, 3.8) is 0 Å². The number of aryl methyl sites for hydroxylation is 1. The maximum Gasteiger partial charge on any atom is 0.270 e. The van der Waals surface area contributed by atoms with Crippen molar-refractivity contribution in [3.8, 4) is 11.3 Å². The summed E-state index contributed by atoms with van der Waals surface area (Å²) < 4.78 is 5.55. The summed E-state index contributed by atoms with van der Waals surface area (Å²) in [5.41, 5.74) is 2.05. The minimum atomic E-state index is -0.411. The monoisotopic (exact) mass is 290 g/mol. The fourth-order valence-electron chi connectivity index (χ4n) is 1.90. The number of hydrogen-bond donors (Lipinski definition) is 0. The molecule has 0 atom stereocenters. The zero-order chi connectivity index (χ0) is 15.4. The second-order valence-corrected chi connectivity index (χ2v) is 5.27. The molecular formula is C14H18N4O3. The quantitative estimate of drug-likeness (QED) is 0.603. The Morgan fingerprint density at radius 3 is 2.71 bits per heavy atom. The molecule has 0 saturated carbocycles. The molecule has 2 rings (SSSR count). The van der Waals surface area contributed by atoms with E-state index >= 15 is 0 Å². The molecule has 0 aliphatic rings. The summed E-state index contributed by atoms with van der Waals surface area (Å²) in [5.74, 6) is 0.420. The van der Waals surface area contributed by atoms with Gasteiger partial charge in [0.1, 0.15) is 5.69 Å². The number of nitrogens with zero attached hydrogens (tertiary/aromatic N) is 4. The van der Waals surface area contributed by atoms with E-state index in [1.165, 1.54) is 16.9 Å². The standard InChI is InChI=1S/C14H18N4O3/c1-10(2)8-21-9-11-4-12(6-13(5-11)18(19)20)14-7-15-17(3)16-14/h4-7,10H,8-9H2,1-3H3. The number of nitro groups is 1. The number of nitro benzene ring substituents is 1. The van der Waals surface area contributed by atoms with Crippen LogP contribution in [0.5, 0.6) is 0 Å². The molecule has 1 aromatic carbocycles. The molecule has 0 amide bonds. The predicted molar refractivity (Wildman–Crippen MR) is 77.6 cm³/mol. The van der Waals surface area contributed by atoms with E-state index in [0.29, 0.717) is 30.4 Å². The van der Waals surface area contributed by atoms with Gasteiger partial charge in [-0.2, -0.15) is 15.0 Å². The molecule has 0 spiro atoms. The minimum Gasteiger partial charge on any atom is -0.377 e. The van der Waals surface area contributed by atoms with Gasteiger partial charge in [0.2, 0.25) is 0 Å². The topological polar surface area (TPSA) is 83.1 Å². The normalized spacial score (nSPS) is 11.0. The van der Waals surface area contributed by atoms with Crippen molar-refractivity contribution >= 4 is 5.69 Å². The van der Waals surface area contributed by atoms with E-state index in [0.717, 1.165) is 5.56 Å². The number of hydrogen-bond acceptors (Lipinski definition) is 5. The van der Waals surface area contributed by atoms with E-state index in [9.17, 15) is 10.1 Å². The van der Waals surface area contributed by atoms with Crippen molar-refractivity contribution in [2.75, 3.05) is 6.61 Å². The lowest BCUT2D eigenvalue weighted by atomic mass is 10.1. The van der Waals surface area contributed by atoms with Crippen LogP contribution in [0.15, 0.2) is 24.4 Å². The molecule has 112 valence electrons. The molecule has 0 N–H and O–H groups in total. The van der Waals surface area contributed by atoms with Crippen molar-refractivity contribution < 1.29 is 9.66 Å². The highest BCUT2D eigenvalue weighted by atomic mass is 16.6. The van der Waals surface area contributed by atoms with Crippen LogP contribution in [-0.2, 0) is 18.4 Å². The van der Waals surface area contributed by atoms with E-state index in [1.54, 1.807) is 13.2 Å². The highest BCUT2D eigenvalue weighted by Gasteiger charge is 2.13. The number of aromatic nitrogens is 3. The van der Waals surface area contributed by atoms with Gasteiger partial charge in [0.15, 0.2) is 0 Å². The Kier molecular flexibility index (Phi) is 4.64. The van der Waals surface area contributed by atoms with Crippen LogP contribution in [0.2, 0.25) is 0 Å². The number of non-ortho nitro benzene ring substituents is 1. The lowest BCUT2D eigenvalue weighted by Crippen LogP contribution is -2.02. The van der Waals surface area contributed by atoms with E-state index < -0.39 is 4.92 Å². The largest absolute Gasteiger partial charge is 0.377 e. The summed E-state index contributed by atoms with van der Waals surface area (Å²) >= 11 is 0. The summed E-state index contributed by atoms with van der Waals surface area (Å²) in [6, 6.07) is 4.87. The van der Waals surface area contributed by atoms with Crippen LogP contribution in [0.25, 0.3) is 11.3 Å². The Bertz CT molecular complexity index is 637. The zero-order valence-electron chi connectivity index (χ0n) is 12.3. The van der Waals surface area contributed by atoms with Crippen LogP contribution in [0, 0.1) is 16.0 Å². The van der Waals surface area contributed by atoms with Crippen LogP contribution in [0.1, 0.15) is 19.4 Å². The van der Waals surface area contributed by atoms with Crippen LogP contribution in [0.4, 0.5) is 5.69 Å². The molecule has 0 aliphatic carbocycles. The van der Waals surface area contributed by atoms with Gasteiger partial charge in [-0.25, -0.2) is 0 Å². The molecule has 0 bridgehead atoms. The Labute approximate surface area is 122 Å². The molecule has 1 aromatic heterocycles. The van der Waals surface area contributed by atoms with Crippen molar-refractivity contribution in [1.82, 2.24) is 15.0 Å². The molecule has 0 fully saturated rings. The maximum atomic E-state index is 11.0. The molecule has 0 saturated heterocycles. The molecule has 0 aliphatic heterocycles. The summed E-state index contributed by atoms with van der Waals surface area (Å²) in [5, 5.41) is 19.2. The van der Waals surface area contributed by atoms with Gasteiger partial charge in [0.05, 0.1) is 17.7 Å². The van der Waals surface area contributed by atoms with E-state index in [-0.39, 0.29) is 5.69 Å². The fraction of sp³-hybridized carbons (Fsp3) is 0.429. The minimum absolute atomic E-state index is 0.0290. The van der Waals surface area contributed by atoms with E-state index in [1.807, 2.05) is 6.07 Å². The molecule has 21 heavy (non-hydrogen) atoms. The SMILES string of the molecule is CC(C)COCc1cc(-c2cnn(C)n2)cc([N+](=O)[O-])c1. The Morgan fingerprint density at radius 1 is 1.38 bits per heavy atom. The third kappa shape index (κ3) is 4.09. The van der Waals surface area contributed by atoms with Crippen molar-refractivity contribution in [2.24, 2.45) is 13.0 Å². The van der Waals surface area contributed by atoms with Crippen molar-refractivity contribution in [1.29, 1.82) is 0 Å². The molecule has 2 aromatic rings. The molecule has 1 heterocycles. The van der Waals surface area contributed by atoms with Gasteiger partial charge in [-0.15, -0.1) is 0 Å². The average Bonchev–Trinajstić information content (AvgIpc) is 2.84. The van der Waals surface area contributed by atoms with Gasteiger partial charge >= 0.3 is 0 Å². The van der Waals surface area contributed by atoms with Gasteiger partial charge in [0.25, 0.3) is 5.69 Å². The van der Waals surface area contributed by atoms with Gasteiger partial charge in [-0.3, -0.25) is 10.1 Å². The van der Waals surface area contributed by atoms with Gasteiger partial charge in [0, 0.05) is 31.4 Å². The number of ether oxygens (including phenoxy) is 1. The lowest BCUT2D eigenvalue weighted by molar-refractivity contribution is -0.384. The average molecular weight is 290 g/mol. The van der Waals surface area contributed by atoms with Crippen LogP contribution >= 0.6 is 0 Å². The van der Waals surface area contributed by atoms with E-state index in [4.69, 9.17) is 4.74 Å². The van der Waals surface area contributed by atoms with Crippen molar-refractivity contribution in [2.45, 2.75) is 20.5 Å². The summed E-state index contributed by atoms with van der Waals surface area (Å²) in [6.45, 7) is 5.06. The van der Waals surface area contributed by atoms with Gasteiger partial charge in [-0.05, 0) is 17.5 Å². The second-order valence-electron chi connectivity index (χ2n) is 5.27. The highest BCUT2D eigenvalue weighted by Crippen LogP contribution is 2.25. The molecule has 7 nitrogen and oxygen atoms in total. The summed E-state index contributed by atoms with van der Waals surface area (Å²) in [6.07, 6.45) is 1.58. The van der Waals surface area contributed by atoms with Gasteiger partial charge < -0.3 is 4.74 Å². The van der Waals surface area contributed by atoms with E-state index in [2.05, 4.69) is 24.0 Å². The Morgan fingerprint density at radius 2 is 2.14 bits per heavy atom. The number of benzene rings is 1. The fourth-order valence-corrected chi connectivity index (χ4v) is 1.90. The predicted octanol–water partition coefficient (Wildman–Crippen LogP) is 2.56. The van der Waals surface area contributed by atoms with Crippen LogP contribution in [0.3, 0.4) is 0 Å². The maximum absolute atomic E-state index is 11.0. The molecule has 0 unspecified atom stereocenters. The Balaban J connectivity index is 2.28. The first kappa shape index (κ1) is 15.1. The third-order valence-electron chi connectivity index (χ3n) is 2.80. The first-order valence-electron chi connectivity index (χ1n) is 6.68. The van der Waals surface area contributed by atoms with Crippen molar-refractivity contribution in [3.05, 3.63) is 40.1 Å². The summed E-state index contributed by atoms with van der Waals surface area (Å²) in [4.78, 5) is 12.1. The highest BCUT2D eigenvalue weighted by molar-refractivity contribution is 5.62. The lowest BCUT2D eigenvalue weighted by Gasteiger charge is -2.08. The molecular weight excluding hydrogens is 272 g/mol. The Hall–Kier alpha value is -2.28. The first-order chi connectivity index (χ1) is 9.95. The van der Waals surface area contributed by atoms with Gasteiger partial charge in [-0.1, -0.05) is 13.8 Å².